The molecule has 0 aromatic carbocycles. The average Bonchev–Trinajstić information content (AvgIpc) is 2.82. The van der Waals surface area contributed by atoms with E-state index in [-0.39, 0.29) is 11.2 Å². The fourth-order valence-electron chi connectivity index (χ4n) is 5.61. The van der Waals surface area contributed by atoms with Crippen LogP contribution in [0.4, 0.5) is 0 Å². The third kappa shape index (κ3) is 1.58. The van der Waals surface area contributed by atoms with Gasteiger partial charge < -0.3 is 0 Å². The molecule has 0 bridgehead atoms. The summed E-state index contributed by atoms with van der Waals surface area (Å²) < 4.78 is 0. The average molecular weight is 268 g/mol. The van der Waals surface area contributed by atoms with Crippen LogP contribution in [0, 0.1) is 23.2 Å². The Morgan fingerprint density at radius 2 is 2.00 bits per heavy atom. The van der Waals surface area contributed by atoms with E-state index in [2.05, 4.69) is 19.9 Å². The molecule has 2 fully saturated rings. The minimum absolute atomic E-state index is 0.166. The van der Waals surface area contributed by atoms with E-state index in [4.69, 9.17) is 0 Å². The van der Waals surface area contributed by atoms with Gasteiger partial charge in [0.1, 0.15) is 0 Å². The van der Waals surface area contributed by atoms with Crippen molar-refractivity contribution < 1.29 is 4.79 Å². The third-order valence-electron chi connectivity index (χ3n) is 6.70. The molecular formula is C19H24O. The van der Waals surface area contributed by atoms with Crippen molar-refractivity contribution in [2.45, 2.75) is 52.4 Å². The molecule has 20 heavy (non-hydrogen) atoms. The van der Waals surface area contributed by atoms with Gasteiger partial charge in [-0.3, -0.25) is 4.79 Å². The maximum absolute atomic E-state index is 11.7. The summed E-state index contributed by atoms with van der Waals surface area (Å²) in [6, 6.07) is 0. The molecule has 0 heterocycles. The van der Waals surface area contributed by atoms with Crippen molar-refractivity contribution in [1.29, 1.82) is 0 Å². The second-order valence-corrected chi connectivity index (χ2v) is 7.49. The third-order valence-corrected chi connectivity index (χ3v) is 6.70. The molecule has 0 amide bonds. The minimum atomic E-state index is 0.166. The predicted octanol–water partition coefficient (Wildman–Crippen LogP) is 4.60. The number of allylic oxidation sites excluding steroid dienone is 6. The number of carbonyl (C=O) groups excluding carboxylic acids is 1. The van der Waals surface area contributed by atoms with E-state index in [1.807, 2.05) is 12.2 Å². The van der Waals surface area contributed by atoms with Crippen LogP contribution in [0.1, 0.15) is 52.4 Å². The van der Waals surface area contributed by atoms with Gasteiger partial charge in [-0.15, -0.1) is 0 Å². The van der Waals surface area contributed by atoms with Crippen molar-refractivity contribution in [3.05, 3.63) is 34.9 Å². The second-order valence-electron chi connectivity index (χ2n) is 7.49. The SMILES string of the molecule is CC1=C2CCC3C(CCC4=CC(=O)C=C[C@@]43C)C2CC1. The first-order valence-corrected chi connectivity index (χ1v) is 8.22. The fraction of sp³-hybridized carbons (Fsp3) is 0.632. The summed E-state index contributed by atoms with van der Waals surface area (Å²) in [5.41, 5.74) is 5.07. The van der Waals surface area contributed by atoms with Crippen molar-refractivity contribution >= 4 is 5.78 Å². The molecule has 4 aliphatic rings. The lowest BCUT2D eigenvalue weighted by atomic mass is 9.52. The molecule has 3 unspecified atom stereocenters. The van der Waals surface area contributed by atoms with Crippen LogP contribution < -0.4 is 0 Å². The summed E-state index contributed by atoms with van der Waals surface area (Å²) in [7, 11) is 0. The second kappa shape index (κ2) is 4.19. The summed E-state index contributed by atoms with van der Waals surface area (Å²) >= 11 is 0. The molecule has 0 saturated heterocycles. The lowest BCUT2D eigenvalue weighted by molar-refractivity contribution is -0.110. The summed E-state index contributed by atoms with van der Waals surface area (Å²) in [6.07, 6.45) is 13.8. The number of ketones is 1. The summed E-state index contributed by atoms with van der Waals surface area (Å²) in [5, 5.41) is 0. The maximum atomic E-state index is 11.7. The molecule has 0 aromatic heterocycles. The molecule has 106 valence electrons. The zero-order valence-electron chi connectivity index (χ0n) is 12.6. The van der Waals surface area contributed by atoms with Gasteiger partial charge in [-0.2, -0.15) is 0 Å². The molecule has 1 heteroatoms. The fourth-order valence-corrected chi connectivity index (χ4v) is 5.61. The van der Waals surface area contributed by atoms with Gasteiger partial charge in [0.25, 0.3) is 0 Å². The Morgan fingerprint density at radius 3 is 2.85 bits per heavy atom. The monoisotopic (exact) mass is 268 g/mol. The highest BCUT2D eigenvalue weighted by atomic mass is 16.1. The largest absolute Gasteiger partial charge is 0.290 e. The highest BCUT2D eigenvalue weighted by molar-refractivity contribution is 6.01. The Balaban J connectivity index is 1.72. The van der Waals surface area contributed by atoms with Crippen LogP contribution in [0.15, 0.2) is 34.9 Å². The number of hydrogen-bond acceptors (Lipinski definition) is 1. The first-order valence-electron chi connectivity index (χ1n) is 8.22. The summed E-state index contributed by atoms with van der Waals surface area (Å²) in [6.45, 7) is 4.74. The molecular weight excluding hydrogens is 244 g/mol. The molecule has 0 aliphatic heterocycles. The Morgan fingerprint density at radius 1 is 1.15 bits per heavy atom. The van der Waals surface area contributed by atoms with Crippen molar-refractivity contribution in [2.75, 3.05) is 0 Å². The van der Waals surface area contributed by atoms with E-state index < -0.39 is 0 Å². The highest BCUT2D eigenvalue weighted by Crippen LogP contribution is 2.60. The first-order chi connectivity index (χ1) is 9.59. The number of carbonyl (C=O) groups is 1. The lowest BCUT2D eigenvalue weighted by Crippen LogP contribution is -2.44. The first kappa shape index (κ1) is 12.6. The van der Waals surface area contributed by atoms with E-state index in [0.29, 0.717) is 0 Å². The van der Waals surface area contributed by atoms with Crippen LogP contribution in [0.5, 0.6) is 0 Å². The van der Waals surface area contributed by atoms with Gasteiger partial charge in [0, 0.05) is 5.41 Å². The Labute approximate surface area is 121 Å². The number of hydrogen-bond donors (Lipinski definition) is 0. The smallest absolute Gasteiger partial charge is 0.178 e. The molecule has 4 rings (SSSR count). The zero-order chi connectivity index (χ0) is 13.9. The van der Waals surface area contributed by atoms with Gasteiger partial charge >= 0.3 is 0 Å². The molecule has 4 aliphatic carbocycles. The van der Waals surface area contributed by atoms with Gasteiger partial charge in [-0.25, -0.2) is 0 Å². The van der Waals surface area contributed by atoms with E-state index in [9.17, 15) is 4.79 Å². The maximum Gasteiger partial charge on any atom is 0.178 e. The molecule has 0 spiro atoms. The van der Waals surface area contributed by atoms with Crippen LogP contribution in [-0.2, 0) is 4.79 Å². The van der Waals surface area contributed by atoms with Crippen LogP contribution in [0.3, 0.4) is 0 Å². The number of rotatable bonds is 0. The molecule has 4 atom stereocenters. The minimum Gasteiger partial charge on any atom is -0.290 e. The standard InChI is InChI=1S/C19H24O/c1-12-3-5-16-15(12)7-8-18-17(16)6-4-13-11-14(20)9-10-19(13,18)2/h9-11,16-18H,3-8H2,1-2H3/t16?,17?,18?,19-/m0/s1. The Kier molecular flexibility index (Phi) is 2.64. The van der Waals surface area contributed by atoms with Crippen LogP contribution in [0.25, 0.3) is 0 Å². The highest BCUT2D eigenvalue weighted by Gasteiger charge is 2.50. The van der Waals surface area contributed by atoms with Gasteiger partial charge in [0.2, 0.25) is 0 Å². The van der Waals surface area contributed by atoms with Crippen LogP contribution in [-0.4, -0.2) is 5.78 Å². The molecule has 1 nitrogen and oxygen atoms in total. The van der Waals surface area contributed by atoms with Crippen molar-refractivity contribution in [2.24, 2.45) is 23.2 Å². The van der Waals surface area contributed by atoms with Crippen molar-refractivity contribution in [1.82, 2.24) is 0 Å². The van der Waals surface area contributed by atoms with Crippen LogP contribution >= 0.6 is 0 Å². The van der Waals surface area contributed by atoms with E-state index in [1.165, 1.54) is 37.7 Å². The van der Waals surface area contributed by atoms with Crippen LogP contribution in [0.2, 0.25) is 0 Å². The van der Waals surface area contributed by atoms with Crippen molar-refractivity contribution in [3.8, 4) is 0 Å². The summed E-state index contributed by atoms with van der Waals surface area (Å²) in [4.78, 5) is 11.7. The van der Waals surface area contributed by atoms with Gasteiger partial charge in [-0.1, -0.05) is 29.7 Å². The van der Waals surface area contributed by atoms with E-state index in [0.717, 1.165) is 24.2 Å². The lowest BCUT2D eigenvalue weighted by Gasteiger charge is -2.52. The molecule has 2 saturated carbocycles. The quantitative estimate of drug-likeness (QED) is 0.587. The topological polar surface area (TPSA) is 17.1 Å². The molecule has 0 radical (unpaired) electrons. The zero-order valence-corrected chi connectivity index (χ0v) is 12.6. The van der Waals surface area contributed by atoms with E-state index >= 15 is 0 Å². The predicted molar refractivity (Wildman–Crippen MR) is 81.2 cm³/mol. The molecule has 0 N–H and O–H groups in total. The normalized spacial score (nSPS) is 43.0. The Hall–Kier alpha value is -1.11. The van der Waals surface area contributed by atoms with Gasteiger partial charge in [-0.05, 0) is 75.4 Å². The van der Waals surface area contributed by atoms with Gasteiger partial charge in [0.15, 0.2) is 5.78 Å². The number of fused-ring (bicyclic) bond motifs is 5. The van der Waals surface area contributed by atoms with E-state index in [1.54, 1.807) is 11.1 Å². The molecule has 0 aromatic rings. The van der Waals surface area contributed by atoms with Gasteiger partial charge in [0.05, 0.1) is 0 Å². The summed E-state index contributed by atoms with van der Waals surface area (Å²) in [5.74, 6) is 2.67. The van der Waals surface area contributed by atoms with Crippen molar-refractivity contribution in [3.63, 3.8) is 0 Å². The Bertz CT molecular complexity index is 562.